The largest absolute Gasteiger partial charge is 0.505 e. The standard InChI is InChI=1S/C29H27N3O5/c1-2-37-28(36)29(14-15-29)31-26(34)24-25(33)22-17-21(20-11-7-4-8-12-20)27(35)32(23(22)18-30-24)16-13-19-9-5-3-6-10-19/h3-12,17-18,33H,2,13-16H2,1H3,(H,31,34). The van der Waals surface area contributed by atoms with Crippen molar-refractivity contribution in [3.8, 4) is 16.9 Å². The third kappa shape index (κ3) is 4.70. The molecule has 188 valence electrons. The lowest BCUT2D eigenvalue weighted by molar-refractivity contribution is -0.146. The van der Waals surface area contributed by atoms with Crippen LogP contribution in [-0.4, -0.2) is 38.7 Å². The number of aromatic nitrogens is 2. The molecule has 4 aromatic rings. The normalized spacial score (nSPS) is 13.8. The van der Waals surface area contributed by atoms with Crippen LogP contribution in [-0.2, 0) is 22.5 Å². The molecule has 0 radical (unpaired) electrons. The van der Waals surface area contributed by atoms with E-state index in [1.54, 1.807) is 17.6 Å². The summed E-state index contributed by atoms with van der Waals surface area (Å²) in [5.41, 5.74) is 1.07. The number of aryl methyl sites for hydroxylation is 2. The van der Waals surface area contributed by atoms with Gasteiger partial charge in [0.15, 0.2) is 11.4 Å². The van der Waals surface area contributed by atoms with Gasteiger partial charge in [-0.1, -0.05) is 60.7 Å². The zero-order valence-corrected chi connectivity index (χ0v) is 20.4. The number of carbonyl (C=O) groups excluding carboxylic acids is 2. The number of amides is 1. The van der Waals surface area contributed by atoms with Gasteiger partial charge in [0.05, 0.1) is 18.3 Å². The number of pyridine rings is 2. The fraction of sp³-hybridized carbons (Fsp3) is 0.241. The molecular formula is C29H27N3O5. The van der Waals surface area contributed by atoms with Gasteiger partial charge in [0.2, 0.25) is 0 Å². The molecule has 0 bridgehead atoms. The van der Waals surface area contributed by atoms with E-state index in [-0.39, 0.29) is 23.6 Å². The number of hydrogen-bond donors (Lipinski definition) is 2. The van der Waals surface area contributed by atoms with E-state index in [0.29, 0.717) is 47.8 Å². The Balaban J connectivity index is 1.58. The van der Waals surface area contributed by atoms with Gasteiger partial charge in [-0.15, -0.1) is 0 Å². The highest BCUT2D eigenvalue weighted by Gasteiger charge is 2.53. The molecule has 2 heterocycles. The van der Waals surface area contributed by atoms with Crippen LogP contribution >= 0.6 is 0 Å². The molecule has 0 unspecified atom stereocenters. The van der Waals surface area contributed by atoms with Gasteiger partial charge in [-0.25, -0.2) is 9.78 Å². The molecule has 2 N–H and O–H groups in total. The van der Waals surface area contributed by atoms with E-state index in [1.165, 1.54) is 6.20 Å². The Bertz CT molecular complexity index is 1530. The van der Waals surface area contributed by atoms with Crippen LogP contribution in [0, 0.1) is 0 Å². The first-order valence-corrected chi connectivity index (χ1v) is 12.3. The highest BCUT2D eigenvalue weighted by molar-refractivity contribution is 6.04. The van der Waals surface area contributed by atoms with Crippen LogP contribution in [0.15, 0.2) is 77.7 Å². The van der Waals surface area contributed by atoms with E-state index in [1.807, 2.05) is 60.7 Å². The lowest BCUT2D eigenvalue weighted by atomic mass is 10.0. The highest BCUT2D eigenvalue weighted by Crippen LogP contribution is 2.38. The van der Waals surface area contributed by atoms with Crippen molar-refractivity contribution in [1.29, 1.82) is 0 Å². The number of nitrogens with one attached hydrogen (secondary N) is 1. The molecule has 5 rings (SSSR count). The van der Waals surface area contributed by atoms with E-state index in [9.17, 15) is 19.5 Å². The quantitative estimate of drug-likeness (QED) is 0.358. The van der Waals surface area contributed by atoms with Gasteiger partial charge < -0.3 is 19.7 Å². The summed E-state index contributed by atoms with van der Waals surface area (Å²) in [5.74, 6) is -1.52. The third-order valence-electron chi connectivity index (χ3n) is 6.66. The van der Waals surface area contributed by atoms with Gasteiger partial charge in [-0.3, -0.25) is 9.59 Å². The average molecular weight is 498 g/mol. The molecular weight excluding hydrogens is 470 g/mol. The monoisotopic (exact) mass is 497 g/mol. The number of hydrogen-bond acceptors (Lipinski definition) is 6. The molecule has 0 aliphatic heterocycles. The number of nitrogens with zero attached hydrogens (tertiary/aromatic N) is 2. The van der Waals surface area contributed by atoms with E-state index < -0.39 is 17.4 Å². The summed E-state index contributed by atoms with van der Waals surface area (Å²) in [6.45, 7) is 2.27. The molecule has 8 nitrogen and oxygen atoms in total. The summed E-state index contributed by atoms with van der Waals surface area (Å²) in [4.78, 5) is 43.2. The molecule has 1 saturated carbocycles. The molecule has 8 heteroatoms. The van der Waals surface area contributed by atoms with Crippen molar-refractivity contribution in [2.24, 2.45) is 0 Å². The zero-order valence-electron chi connectivity index (χ0n) is 20.4. The minimum Gasteiger partial charge on any atom is -0.505 e. The van der Waals surface area contributed by atoms with Crippen molar-refractivity contribution >= 4 is 22.8 Å². The predicted molar refractivity (Wildman–Crippen MR) is 139 cm³/mol. The van der Waals surface area contributed by atoms with Crippen LogP contribution in [0.1, 0.15) is 35.8 Å². The highest BCUT2D eigenvalue weighted by atomic mass is 16.5. The molecule has 0 atom stereocenters. The van der Waals surface area contributed by atoms with Gasteiger partial charge >= 0.3 is 5.97 Å². The van der Waals surface area contributed by atoms with E-state index >= 15 is 0 Å². The molecule has 1 aliphatic rings. The maximum Gasteiger partial charge on any atom is 0.331 e. The van der Waals surface area contributed by atoms with E-state index in [2.05, 4.69) is 10.3 Å². The first kappa shape index (κ1) is 24.2. The number of esters is 1. The van der Waals surface area contributed by atoms with Gasteiger partial charge in [0, 0.05) is 17.5 Å². The molecule has 1 aliphatic carbocycles. The third-order valence-corrected chi connectivity index (χ3v) is 6.66. The second-order valence-electron chi connectivity index (χ2n) is 9.13. The molecule has 0 spiro atoms. The second kappa shape index (κ2) is 9.89. The molecule has 2 aromatic carbocycles. The molecule has 37 heavy (non-hydrogen) atoms. The number of carbonyl (C=O) groups is 2. The topological polar surface area (TPSA) is 111 Å². The number of benzene rings is 2. The Morgan fingerprint density at radius 2 is 1.76 bits per heavy atom. The average Bonchev–Trinajstić information content (AvgIpc) is 3.70. The molecule has 1 fully saturated rings. The first-order valence-electron chi connectivity index (χ1n) is 12.3. The summed E-state index contributed by atoms with van der Waals surface area (Å²) in [6.07, 6.45) is 2.94. The van der Waals surface area contributed by atoms with Crippen molar-refractivity contribution in [2.75, 3.05) is 6.61 Å². The summed E-state index contributed by atoms with van der Waals surface area (Å²) in [7, 11) is 0. The fourth-order valence-corrected chi connectivity index (χ4v) is 4.47. The Morgan fingerprint density at radius 1 is 1.08 bits per heavy atom. The minimum atomic E-state index is -1.08. The molecule has 1 amide bonds. The fourth-order valence-electron chi connectivity index (χ4n) is 4.47. The first-order chi connectivity index (χ1) is 17.9. The Labute approximate surface area is 213 Å². The Hall–Kier alpha value is -4.46. The maximum atomic E-state index is 13.6. The van der Waals surface area contributed by atoms with E-state index in [4.69, 9.17) is 4.74 Å². The van der Waals surface area contributed by atoms with Crippen LogP contribution in [0.5, 0.6) is 5.75 Å². The SMILES string of the molecule is CCOC(=O)C1(NC(=O)c2ncc3c(cc(-c4ccccc4)c(=O)n3CCc3ccccc3)c2O)CC1. The summed E-state index contributed by atoms with van der Waals surface area (Å²) < 4.78 is 6.67. The lowest BCUT2D eigenvalue weighted by Crippen LogP contribution is -2.44. The van der Waals surface area contributed by atoms with Crippen molar-refractivity contribution in [1.82, 2.24) is 14.9 Å². The Morgan fingerprint density at radius 3 is 2.41 bits per heavy atom. The summed E-state index contributed by atoms with van der Waals surface area (Å²) >= 11 is 0. The summed E-state index contributed by atoms with van der Waals surface area (Å²) in [5, 5.41) is 14.2. The summed E-state index contributed by atoms with van der Waals surface area (Å²) in [6, 6.07) is 20.6. The minimum absolute atomic E-state index is 0.207. The van der Waals surface area contributed by atoms with E-state index in [0.717, 1.165) is 5.56 Å². The van der Waals surface area contributed by atoms with Gasteiger partial charge in [-0.05, 0) is 43.4 Å². The van der Waals surface area contributed by atoms with Crippen LogP contribution < -0.4 is 10.9 Å². The van der Waals surface area contributed by atoms with Crippen molar-refractivity contribution in [3.05, 3.63) is 94.5 Å². The van der Waals surface area contributed by atoms with Gasteiger partial charge in [-0.2, -0.15) is 0 Å². The number of fused-ring (bicyclic) bond motifs is 1. The molecule has 2 aromatic heterocycles. The van der Waals surface area contributed by atoms with Crippen LogP contribution in [0.3, 0.4) is 0 Å². The van der Waals surface area contributed by atoms with Gasteiger partial charge in [0.1, 0.15) is 5.54 Å². The van der Waals surface area contributed by atoms with Crippen molar-refractivity contribution < 1.29 is 19.4 Å². The number of rotatable bonds is 8. The zero-order chi connectivity index (χ0) is 26.0. The van der Waals surface area contributed by atoms with Crippen LogP contribution in [0.25, 0.3) is 22.0 Å². The second-order valence-corrected chi connectivity index (χ2v) is 9.13. The number of aromatic hydroxyl groups is 1. The maximum absolute atomic E-state index is 13.6. The predicted octanol–water partition coefficient (Wildman–Crippen LogP) is 3.84. The van der Waals surface area contributed by atoms with Crippen molar-refractivity contribution in [2.45, 2.75) is 38.3 Å². The van der Waals surface area contributed by atoms with Crippen molar-refractivity contribution in [3.63, 3.8) is 0 Å². The molecule has 0 saturated heterocycles. The van der Waals surface area contributed by atoms with Crippen LogP contribution in [0.2, 0.25) is 0 Å². The van der Waals surface area contributed by atoms with Gasteiger partial charge in [0.25, 0.3) is 11.5 Å². The lowest BCUT2D eigenvalue weighted by Gasteiger charge is -2.17. The smallest absolute Gasteiger partial charge is 0.331 e. The van der Waals surface area contributed by atoms with Crippen LogP contribution in [0.4, 0.5) is 0 Å². The Kier molecular flexibility index (Phi) is 6.48. The number of ether oxygens (including phenoxy) is 1.